The lowest BCUT2D eigenvalue weighted by atomic mass is 10.2. The Morgan fingerprint density at radius 1 is 0.955 bits per heavy atom. The Balaban J connectivity index is 2.87. The molecule has 0 aromatic rings. The Bertz CT molecular complexity index is 373. The van der Waals surface area contributed by atoms with E-state index < -0.39 is 43.0 Å². The first-order chi connectivity index (χ1) is 10.4. The molecule has 9 nitrogen and oxygen atoms in total. The fourth-order valence-corrected chi connectivity index (χ4v) is 1.91. The molecule has 1 rings (SSSR count). The van der Waals surface area contributed by atoms with Gasteiger partial charge < -0.3 is 33.2 Å². The van der Waals surface area contributed by atoms with Crippen LogP contribution >= 0.6 is 0 Å². The van der Waals surface area contributed by atoms with Gasteiger partial charge in [-0.1, -0.05) is 0 Å². The van der Waals surface area contributed by atoms with Gasteiger partial charge in [-0.05, 0) is 0 Å². The predicted octanol–water partition coefficient (Wildman–Crippen LogP) is -0.186. The van der Waals surface area contributed by atoms with Crippen LogP contribution in [0.15, 0.2) is 0 Å². The maximum absolute atomic E-state index is 11.2. The van der Waals surface area contributed by atoms with E-state index in [4.69, 9.17) is 33.2 Å². The van der Waals surface area contributed by atoms with Gasteiger partial charge in [0.2, 0.25) is 18.9 Å². The topological polar surface area (TPSA) is 98.8 Å². The second kappa shape index (κ2) is 9.01. The van der Waals surface area contributed by atoms with E-state index in [1.807, 2.05) is 0 Å². The van der Waals surface area contributed by atoms with Crippen LogP contribution in [-0.2, 0) is 42.7 Å². The van der Waals surface area contributed by atoms with E-state index in [0.29, 0.717) is 0 Å². The van der Waals surface area contributed by atoms with Crippen LogP contribution in [0, 0.1) is 0 Å². The molecule has 0 aliphatic carbocycles. The van der Waals surface area contributed by atoms with Crippen LogP contribution in [0.25, 0.3) is 0 Å². The molecule has 0 unspecified atom stereocenters. The second-order valence-corrected chi connectivity index (χ2v) is 4.50. The summed E-state index contributed by atoms with van der Waals surface area (Å²) in [4.78, 5) is 22.2. The number of rotatable bonds is 7. The zero-order valence-electron chi connectivity index (χ0n) is 13.3. The summed E-state index contributed by atoms with van der Waals surface area (Å²) in [6, 6.07) is 0. The van der Waals surface area contributed by atoms with Crippen LogP contribution < -0.4 is 0 Å². The van der Waals surface area contributed by atoms with Crippen molar-refractivity contribution in [1.82, 2.24) is 0 Å². The van der Waals surface area contributed by atoms with Crippen molar-refractivity contribution in [2.24, 2.45) is 0 Å². The van der Waals surface area contributed by atoms with Gasteiger partial charge in [-0.25, -0.2) is 0 Å². The van der Waals surface area contributed by atoms with Gasteiger partial charge in [0.15, 0.2) is 6.10 Å². The number of carbonyl (C=O) groups excluding carboxylic acids is 2. The molecule has 1 aliphatic rings. The van der Waals surface area contributed by atoms with Gasteiger partial charge in [0.1, 0.15) is 12.7 Å². The highest BCUT2D eigenvalue weighted by Gasteiger charge is 2.45. The van der Waals surface area contributed by atoms with Gasteiger partial charge in [-0.15, -0.1) is 0 Å². The Hall–Kier alpha value is -1.26. The molecular weight excluding hydrogens is 300 g/mol. The van der Waals surface area contributed by atoms with E-state index in [1.165, 1.54) is 35.2 Å². The largest absolute Gasteiger partial charge is 0.463 e. The third-order valence-corrected chi connectivity index (χ3v) is 2.92. The predicted molar refractivity (Wildman–Crippen MR) is 70.5 cm³/mol. The van der Waals surface area contributed by atoms with Crippen LogP contribution in [0.2, 0.25) is 0 Å². The smallest absolute Gasteiger partial charge is 0.305 e. The van der Waals surface area contributed by atoms with Crippen molar-refractivity contribution in [2.75, 3.05) is 27.9 Å². The standard InChI is InChI=1S/C13H22O9/c1-7(14)19-6-9(16-3)10-11(20-8(2)15)22-13(18-5)12(17-4)21-10/h9-13H,6H2,1-5H3/t9-,10+,11-,12+,13+/m1/s1. The zero-order chi connectivity index (χ0) is 16.7. The minimum atomic E-state index is -1.09. The molecule has 0 bridgehead atoms. The van der Waals surface area contributed by atoms with Crippen molar-refractivity contribution in [2.45, 2.75) is 44.9 Å². The van der Waals surface area contributed by atoms with Crippen molar-refractivity contribution < 1.29 is 42.7 Å². The summed E-state index contributed by atoms with van der Waals surface area (Å²) >= 11 is 0. The first-order valence-electron chi connectivity index (χ1n) is 6.62. The molecular formula is C13H22O9. The quantitative estimate of drug-likeness (QED) is 0.591. The maximum atomic E-state index is 11.2. The SMILES string of the molecule is CO[C@H]1O[C@@H](OC(C)=O)[C@H]([C@@H](COC(C)=O)OC)O[C@@H]1OC. The second-order valence-electron chi connectivity index (χ2n) is 4.50. The van der Waals surface area contributed by atoms with Crippen LogP contribution in [0.5, 0.6) is 0 Å². The monoisotopic (exact) mass is 322 g/mol. The van der Waals surface area contributed by atoms with E-state index in [9.17, 15) is 9.59 Å². The molecule has 1 fully saturated rings. The fraction of sp³-hybridized carbons (Fsp3) is 0.846. The average Bonchev–Trinajstić information content (AvgIpc) is 2.47. The van der Waals surface area contributed by atoms with Crippen molar-refractivity contribution in [3.63, 3.8) is 0 Å². The summed E-state index contributed by atoms with van der Waals surface area (Å²) in [6.07, 6.45) is -4.39. The lowest BCUT2D eigenvalue weighted by molar-refractivity contribution is -0.396. The summed E-state index contributed by atoms with van der Waals surface area (Å²) in [6.45, 7) is 2.41. The fourth-order valence-electron chi connectivity index (χ4n) is 1.91. The highest BCUT2D eigenvalue weighted by molar-refractivity contribution is 5.66. The highest BCUT2D eigenvalue weighted by atomic mass is 16.8. The summed E-state index contributed by atoms with van der Waals surface area (Å²) < 4.78 is 36.6. The Morgan fingerprint density at radius 2 is 1.55 bits per heavy atom. The zero-order valence-corrected chi connectivity index (χ0v) is 13.3. The molecule has 9 heteroatoms. The van der Waals surface area contributed by atoms with Gasteiger partial charge in [0.05, 0.1) is 0 Å². The van der Waals surface area contributed by atoms with Gasteiger partial charge in [0, 0.05) is 35.2 Å². The molecule has 0 amide bonds. The van der Waals surface area contributed by atoms with E-state index >= 15 is 0 Å². The van der Waals surface area contributed by atoms with Crippen molar-refractivity contribution in [3.8, 4) is 0 Å². The Kier molecular flexibility index (Phi) is 7.69. The Morgan fingerprint density at radius 3 is 2.00 bits per heavy atom. The molecule has 0 aromatic carbocycles. The first-order valence-corrected chi connectivity index (χ1v) is 6.62. The molecule has 22 heavy (non-hydrogen) atoms. The van der Waals surface area contributed by atoms with E-state index in [2.05, 4.69) is 0 Å². The molecule has 0 radical (unpaired) electrons. The molecule has 128 valence electrons. The molecule has 0 aromatic heterocycles. The van der Waals surface area contributed by atoms with Crippen molar-refractivity contribution in [1.29, 1.82) is 0 Å². The number of hydrogen-bond acceptors (Lipinski definition) is 9. The number of methoxy groups -OCH3 is 3. The first kappa shape index (κ1) is 18.8. The molecule has 0 spiro atoms. The minimum absolute atomic E-state index is 0.0916. The lowest BCUT2D eigenvalue weighted by Crippen LogP contribution is -2.57. The number of hydrogen-bond donors (Lipinski definition) is 0. The van der Waals surface area contributed by atoms with Crippen LogP contribution in [0.4, 0.5) is 0 Å². The van der Waals surface area contributed by atoms with Gasteiger partial charge in [-0.2, -0.15) is 0 Å². The molecule has 1 heterocycles. The number of ether oxygens (including phenoxy) is 7. The normalized spacial score (nSPS) is 29.7. The molecule has 1 aliphatic heterocycles. The minimum Gasteiger partial charge on any atom is -0.463 e. The molecule has 0 N–H and O–H groups in total. The van der Waals surface area contributed by atoms with E-state index in [-0.39, 0.29) is 6.61 Å². The summed E-state index contributed by atoms with van der Waals surface area (Å²) in [7, 11) is 4.22. The van der Waals surface area contributed by atoms with E-state index in [1.54, 1.807) is 0 Å². The van der Waals surface area contributed by atoms with Crippen molar-refractivity contribution >= 4 is 11.9 Å². The summed E-state index contributed by atoms with van der Waals surface area (Å²) in [5.74, 6) is -1.03. The summed E-state index contributed by atoms with van der Waals surface area (Å²) in [5, 5.41) is 0. The van der Waals surface area contributed by atoms with E-state index in [0.717, 1.165) is 0 Å². The maximum Gasteiger partial charge on any atom is 0.305 e. The van der Waals surface area contributed by atoms with Crippen LogP contribution in [0.1, 0.15) is 13.8 Å². The number of esters is 2. The average molecular weight is 322 g/mol. The third kappa shape index (κ3) is 5.18. The molecule has 5 atom stereocenters. The molecule has 1 saturated heterocycles. The van der Waals surface area contributed by atoms with Gasteiger partial charge in [0.25, 0.3) is 0 Å². The highest BCUT2D eigenvalue weighted by Crippen LogP contribution is 2.26. The number of carbonyl (C=O) groups is 2. The van der Waals surface area contributed by atoms with Crippen molar-refractivity contribution in [3.05, 3.63) is 0 Å². The third-order valence-electron chi connectivity index (χ3n) is 2.92. The van der Waals surface area contributed by atoms with Crippen LogP contribution in [0.3, 0.4) is 0 Å². The van der Waals surface area contributed by atoms with Crippen LogP contribution in [-0.4, -0.2) is 71.0 Å². The summed E-state index contributed by atoms with van der Waals surface area (Å²) in [5.41, 5.74) is 0. The van der Waals surface area contributed by atoms with Gasteiger partial charge >= 0.3 is 11.9 Å². The Labute approximate surface area is 128 Å². The molecule has 0 saturated carbocycles. The lowest BCUT2D eigenvalue weighted by Gasteiger charge is -2.41. The van der Waals surface area contributed by atoms with Gasteiger partial charge in [-0.3, -0.25) is 9.59 Å².